The van der Waals surface area contributed by atoms with Gasteiger partial charge >= 0.3 is 5.97 Å². The summed E-state index contributed by atoms with van der Waals surface area (Å²) in [4.78, 5) is 15.1. The highest BCUT2D eigenvalue weighted by atomic mass is 79.9. The second-order valence-corrected chi connectivity index (χ2v) is 9.38. The summed E-state index contributed by atoms with van der Waals surface area (Å²) < 4.78 is 25.1. The standard InChI is InChI=1S/C16H20BrNO4S/c1-22-16(19)14-8-12(17)7-13-11(9-18-15(13)14)6-10-2-4-23(20,21)5-3-10/h7-10,18,20-21H,2-6H2,1H3. The molecule has 1 aromatic heterocycles. The summed E-state index contributed by atoms with van der Waals surface area (Å²) in [6, 6.07) is 3.76. The van der Waals surface area contributed by atoms with Crippen molar-refractivity contribution in [3.63, 3.8) is 0 Å². The molecule has 3 rings (SSSR count). The Balaban J connectivity index is 1.88. The number of aromatic nitrogens is 1. The monoisotopic (exact) mass is 401 g/mol. The van der Waals surface area contributed by atoms with E-state index in [2.05, 4.69) is 20.9 Å². The summed E-state index contributed by atoms with van der Waals surface area (Å²) in [6.07, 6.45) is 4.46. The number of methoxy groups -OCH3 is 1. The molecule has 1 aromatic carbocycles. The SMILES string of the molecule is COC(=O)c1cc(Br)cc2c(CC3CCS(O)(O)CC3)c[nH]c12. The van der Waals surface area contributed by atoms with E-state index in [-0.39, 0.29) is 5.97 Å². The van der Waals surface area contributed by atoms with Crippen molar-refractivity contribution in [1.29, 1.82) is 0 Å². The number of rotatable bonds is 3. The van der Waals surface area contributed by atoms with Crippen molar-refractivity contribution >= 4 is 43.4 Å². The molecule has 0 saturated carbocycles. The van der Waals surface area contributed by atoms with Crippen LogP contribution in [-0.4, -0.2) is 38.7 Å². The molecule has 0 spiro atoms. The molecule has 7 heteroatoms. The summed E-state index contributed by atoms with van der Waals surface area (Å²) in [5, 5.41) is 1.01. The van der Waals surface area contributed by atoms with Crippen molar-refractivity contribution in [2.45, 2.75) is 19.3 Å². The van der Waals surface area contributed by atoms with Crippen molar-refractivity contribution in [2.75, 3.05) is 18.6 Å². The topological polar surface area (TPSA) is 82.6 Å². The first kappa shape index (κ1) is 16.8. The number of H-pyrrole nitrogens is 1. The molecule has 3 N–H and O–H groups in total. The van der Waals surface area contributed by atoms with E-state index in [9.17, 15) is 13.9 Å². The van der Waals surface area contributed by atoms with Crippen LogP contribution in [-0.2, 0) is 11.2 Å². The molecular formula is C16H20BrNO4S. The third kappa shape index (κ3) is 3.57. The number of esters is 1. The minimum Gasteiger partial charge on any atom is -0.465 e. The number of carbonyl (C=O) groups is 1. The molecule has 1 saturated heterocycles. The average Bonchev–Trinajstić information content (AvgIpc) is 2.90. The largest absolute Gasteiger partial charge is 0.465 e. The van der Waals surface area contributed by atoms with Crippen LogP contribution in [0, 0.1) is 5.92 Å². The van der Waals surface area contributed by atoms with E-state index in [1.165, 1.54) is 7.11 Å². The van der Waals surface area contributed by atoms with Gasteiger partial charge in [0, 0.05) is 27.6 Å². The highest BCUT2D eigenvalue weighted by molar-refractivity contribution is 9.10. The molecule has 0 bridgehead atoms. The van der Waals surface area contributed by atoms with E-state index in [0.29, 0.717) is 23.0 Å². The maximum Gasteiger partial charge on any atom is 0.340 e. The van der Waals surface area contributed by atoms with Crippen molar-refractivity contribution in [1.82, 2.24) is 4.98 Å². The van der Waals surface area contributed by atoms with Crippen molar-refractivity contribution < 1.29 is 18.6 Å². The Bertz CT molecular complexity index is 733. The van der Waals surface area contributed by atoms with Crippen molar-refractivity contribution in [3.05, 3.63) is 33.9 Å². The van der Waals surface area contributed by atoms with Gasteiger partial charge in [0.1, 0.15) is 0 Å². The zero-order chi connectivity index (χ0) is 16.6. The van der Waals surface area contributed by atoms with Gasteiger partial charge in [0.05, 0.1) is 18.2 Å². The van der Waals surface area contributed by atoms with Gasteiger partial charge in [0.2, 0.25) is 0 Å². The first-order chi connectivity index (χ1) is 10.9. The number of hydrogen-bond donors (Lipinski definition) is 3. The molecule has 2 heterocycles. The summed E-state index contributed by atoms with van der Waals surface area (Å²) in [6.45, 7) is 0. The first-order valence-corrected chi connectivity index (χ1v) is 10.2. The summed E-state index contributed by atoms with van der Waals surface area (Å²) in [5.74, 6) is 1.07. The quantitative estimate of drug-likeness (QED) is 0.664. The number of ether oxygens (including phenoxy) is 1. The Morgan fingerprint density at radius 3 is 2.74 bits per heavy atom. The number of halogens is 1. The lowest BCUT2D eigenvalue weighted by molar-refractivity contribution is 0.0602. The van der Waals surface area contributed by atoms with Crippen LogP contribution in [0.25, 0.3) is 10.9 Å². The lowest BCUT2D eigenvalue weighted by Gasteiger charge is -2.39. The molecule has 0 radical (unpaired) electrons. The zero-order valence-corrected chi connectivity index (χ0v) is 15.2. The molecule has 23 heavy (non-hydrogen) atoms. The minimum absolute atomic E-state index is 0.365. The Kier molecular flexibility index (Phi) is 4.73. The van der Waals surface area contributed by atoms with Gasteiger partial charge in [-0.1, -0.05) is 15.9 Å². The number of fused-ring (bicyclic) bond motifs is 1. The molecule has 1 aliphatic rings. The highest BCUT2D eigenvalue weighted by Gasteiger charge is 2.25. The fourth-order valence-electron chi connectivity index (χ4n) is 3.16. The molecule has 5 nitrogen and oxygen atoms in total. The Morgan fingerprint density at radius 1 is 1.39 bits per heavy atom. The lowest BCUT2D eigenvalue weighted by atomic mass is 9.93. The van der Waals surface area contributed by atoms with Gasteiger partial charge in [0.15, 0.2) is 0 Å². The zero-order valence-electron chi connectivity index (χ0n) is 12.8. The van der Waals surface area contributed by atoms with Gasteiger partial charge in [0.25, 0.3) is 0 Å². The van der Waals surface area contributed by atoms with Crippen LogP contribution in [0.1, 0.15) is 28.8 Å². The van der Waals surface area contributed by atoms with E-state index < -0.39 is 10.6 Å². The molecule has 0 amide bonds. The van der Waals surface area contributed by atoms with Crippen LogP contribution in [0.3, 0.4) is 0 Å². The summed E-state index contributed by atoms with van der Waals surface area (Å²) in [7, 11) is -0.967. The molecule has 1 fully saturated rings. The smallest absolute Gasteiger partial charge is 0.340 e. The third-order valence-electron chi connectivity index (χ3n) is 4.46. The highest BCUT2D eigenvalue weighted by Crippen LogP contribution is 2.46. The number of hydrogen-bond acceptors (Lipinski definition) is 4. The van der Waals surface area contributed by atoms with Crippen LogP contribution in [0.4, 0.5) is 0 Å². The summed E-state index contributed by atoms with van der Waals surface area (Å²) >= 11 is 3.46. The van der Waals surface area contributed by atoms with E-state index in [1.54, 1.807) is 6.07 Å². The van der Waals surface area contributed by atoms with Gasteiger partial charge in [-0.05, 0) is 42.9 Å². The second-order valence-electron chi connectivity index (χ2n) is 6.04. The predicted molar refractivity (Wildman–Crippen MR) is 96.3 cm³/mol. The number of carbonyl (C=O) groups excluding carboxylic acids is 1. The van der Waals surface area contributed by atoms with Gasteiger partial charge < -0.3 is 9.72 Å². The second kappa shape index (κ2) is 6.47. The number of nitrogens with one attached hydrogen (secondary N) is 1. The molecule has 0 unspecified atom stereocenters. The normalized spacial score (nSPS) is 19.7. The lowest BCUT2D eigenvalue weighted by Crippen LogP contribution is -2.21. The molecule has 0 atom stereocenters. The molecular weight excluding hydrogens is 382 g/mol. The Hall–Kier alpha value is -1.02. The predicted octanol–water partition coefficient (Wildman–Crippen LogP) is 4.42. The number of benzene rings is 1. The Labute approximate surface area is 144 Å². The average molecular weight is 402 g/mol. The molecule has 0 aliphatic carbocycles. The van der Waals surface area contributed by atoms with E-state index in [4.69, 9.17) is 4.74 Å². The Morgan fingerprint density at radius 2 is 2.09 bits per heavy atom. The van der Waals surface area contributed by atoms with Gasteiger partial charge in [-0.2, -0.15) is 10.6 Å². The fraction of sp³-hybridized carbons (Fsp3) is 0.438. The summed E-state index contributed by atoms with van der Waals surface area (Å²) in [5.41, 5.74) is 2.45. The van der Waals surface area contributed by atoms with E-state index in [0.717, 1.165) is 40.2 Å². The van der Waals surface area contributed by atoms with Crippen LogP contribution in [0.2, 0.25) is 0 Å². The maximum absolute atomic E-state index is 11.9. The van der Waals surface area contributed by atoms with Gasteiger partial charge in [-0.15, -0.1) is 0 Å². The van der Waals surface area contributed by atoms with Crippen LogP contribution < -0.4 is 0 Å². The van der Waals surface area contributed by atoms with Crippen LogP contribution in [0.5, 0.6) is 0 Å². The van der Waals surface area contributed by atoms with E-state index >= 15 is 0 Å². The molecule has 1 aliphatic heterocycles. The molecule has 126 valence electrons. The van der Waals surface area contributed by atoms with Gasteiger partial charge in [-0.3, -0.25) is 9.11 Å². The van der Waals surface area contributed by atoms with Crippen molar-refractivity contribution in [2.24, 2.45) is 5.92 Å². The minimum atomic E-state index is -2.34. The van der Waals surface area contributed by atoms with Gasteiger partial charge in [-0.25, -0.2) is 4.79 Å². The fourth-order valence-corrected chi connectivity index (χ4v) is 5.25. The third-order valence-corrected chi connectivity index (χ3v) is 6.70. The maximum atomic E-state index is 11.9. The first-order valence-electron chi connectivity index (χ1n) is 7.51. The number of aromatic amines is 1. The van der Waals surface area contributed by atoms with Crippen LogP contribution >= 0.6 is 26.5 Å². The van der Waals surface area contributed by atoms with Crippen LogP contribution in [0.15, 0.2) is 22.8 Å². The van der Waals surface area contributed by atoms with Crippen molar-refractivity contribution in [3.8, 4) is 0 Å². The molecule has 2 aromatic rings. The van der Waals surface area contributed by atoms with E-state index in [1.807, 2.05) is 12.3 Å².